The predicted molar refractivity (Wildman–Crippen MR) is 176 cm³/mol. The van der Waals surface area contributed by atoms with Crippen LogP contribution in [0.5, 0.6) is 0 Å². The quantitative estimate of drug-likeness (QED) is 0.222. The van der Waals surface area contributed by atoms with Crippen molar-refractivity contribution in [2.24, 2.45) is 5.73 Å². The predicted octanol–water partition coefficient (Wildman–Crippen LogP) is 6.16. The Hall–Kier alpha value is -4.97. The number of hydrogen-bond donors (Lipinski definition) is 3. The van der Waals surface area contributed by atoms with Gasteiger partial charge in [0.25, 0.3) is 5.91 Å². The van der Waals surface area contributed by atoms with Crippen LogP contribution in [-0.2, 0) is 13.0 Å². The van der Waals surface area contributed by atoms with Crippen LogP contribution in [0.25, 0.3) is 11.3 Å². The van der Waals surface area contributed by atoms with Crippen molar-refractivity contribution in [3.05, 3.63) is 100 Å². The fraction of sp³-hybridized carbons (Fsp3) is 0.314. The maximum absolute atomic E-state index is 15.1. The highest BCUT2D eigenvalue weighted by atomic mass is 19.1. The van der Waals surface area contributed by atoms with Crippen molar-refractivity contribution in [2.75, 3.05) is 29.4 Å². The van der Waals surface area contributed by atoms with Crippen molar-refractivity contribution < 1.29 is 22.8 Å². The van der Waals surface area contributed by atoms with Crippen LogP contribution in [0.15, 0.2) is 60.7 Å². The summed E-state index contributed by atoms with van der Waals surface area (Å²) in [5.41, 5.74) is 9.15. The minimum Gasteiger partial charge on any atom is -0.352 e. The largest absolute Gasteiger partial charge is 0.352 e. The average Bonchev–Trinajstić information content (AvgIpc) is 3.07. The number of aromatic nitrogens is 2. The van der Waals surface area contributed by atoms with Gasteiger partial charge in [-0.05, 0) is 73.7 Å². The van der Waals surface area contributed by atoms with Crippen molar-refractivity contribution in [1.29, 1.82) is 0 Å². The number of anilines is 3. The Morgan fingerprint density at radius 3 is 2.36 bits per heavy atom. The van der Waals surface area contributed by atoms with Gasteiger partial charge in [0.05, 0.1) is 12.2 Å². The smallest absolute Gasteiger partial charge is 0.328 e. The lowest BCUT2D eigenvalue weighted by Crippen LogP contribution is -2.44. The molecule has 0 atom stereocenters. The van der Waals surface area contributed by atoms with Crippen molar-refractivity contribution in [1.82, 2.24) is 20.6 Å². The summed E-state index contributed by atoms with van der Waals surface area (Å²) < 4.78 is 43.4. The molecule has 4 aromatic rings. The first-order valence-electron chi connectivity index (χ1n) is 15.8. The molecule has 3 aromatic carbocycles. The van der Waals surface area contributed by atoms with E-state index in [0.717, 1.165) is 28.2 Å². The first-order chi connectivity index (χ1) is 22.7. The Kier molecular flexibility index (Phi) is 10.4. The minimum atomic E-state index is -0.917. The number of rotatable bonds is 7. The molecule has 3 heterocycles. The molecule has 0 saturated carbocycles. The fourth-order valence-corrected chi connectivity index (χ4v) is 5.61. The number of nitrogens with zero attached hydrogens (tertiary/aromatic N) is 4. The molecule has 12 heteroatoms. The molecule has 6 rings (SSSR count). The van der Waals surface area contributed by atoms with Crippen LogP contribution in [0.4, 0.5) is 35.4 Å². The van der Waals surface area contributed by atoms with Crippen molar-refractivity contribution >= 4 is 29.4 Å². The number of hydrogen-bond acceptors (Lipinski definition) is 6. The Morgan fingerprint density at radius 2 is 1.68 bits per heavy atom. The second-order valence-electron chi connectivity index (χ2n) is 11.2. The molecule has 2 aliphatic heterocycles. The van der Waals surface area contributed by atoms with Gasteiger partial charge < -0.3 is 21.3 Å². The van der Waals surface area contributed by atoms with E-state index in [2.05, 4.69) is 10.6 Å². The molecule has 1 saturated heterocycles. The maximum Gasteiger partial charge on any atom is 0.328 e. The van der Waals surface area contributed by atoms with E-state index in [4.69, 9.17) is 15.7 Å². The zero-order valence-corrected chi connectivity index (χ0v) is 26.6. The number of halogens is 3. The lowest BCUT2D eigenvalue weighted by atomic mass is 9.97. The van der Waals surface area contributed by atoms with Gasteiger partial charge in [-0.3, -0.25) is 4.79 Å². The lowest BCUT2D eigenvalue weighted by Gasteiger charge is -2.34. The summed E-state index contributed by atoms with van der Waals surface area (Å²) in [6.45, 7) is 7.35. The highest BCUT2D eigenvalue weighted by Gasteiger charge is 2.35. The fourth-order valence-electron chi connectivity index (χ4n) is 5.61. The molecule has 4 N–H and O–H groups in total. The second-order valence-corrected chi connectivity index (χ2v) is 11.2. The number of para-hydroxylation sites is 1. The summed E-state index contributed by atoms with van der Waals surface area (Å²) in [5.74, 6) is -2.12. The van der Waals surface area contributed by atoms with Gasteiger partial charge >= 0.3 is 6.03 Å². The van der Waals surface area contributed by atoms with Crippen LogP contribution in [0, 0.1) is 24.4 Å². The number of fused-ring (bicyclic) bond motifs is 1. The Morgan fingerprint density at radius 1 is 1.00 bits per heavy atom. The molecule has 0 bridgehead atoms. The topological polar surface area (TPSA) is 116 Å². The van der Waals surface area contributed by atoms with E-state index in [1.54, 1.807) is 30.3 Å². The lowest BCUT2D eigenvalue weighted by molar-refractivity contribution is 0.0954. The Balaban J connectivity index is 0.00000213. The van der Waals surface area contributed by atoms with Gasteiger partial charge in [0, 0.05) is 42.4 Å². The molecule has 2 aliphatic rings. The molecule has 0 radical (unpaired) electrons. The standard InChI is InChI=1S/C33H32F3N7O2.C2H6/c1-19-5-8-21(31(44)38-14-11-20-6-9-22(34)10-7-20)17-24(19)28-25-18-39-33(45)43(29-26(35)3-2-4-27(29)36)30(25)41-32(40-28)42-15-12-23(37)13-16-42;1-2/h2-10,17,23H,11-16,18,37H2,1H3,(H,38,44)(H,39,45);1-2H3. The Labute approximate surface area is 272 Å². The van der Waals surface area contributed by atoms with Crippen molar-refractivity contribution in [3.63, 3.8) is 0 Å². The monoisotopic (exact) mass is 645 g/mol. The number of nitrogens with one attached hydrogen (secondary N) is 2. The van der Waals surface area contributed by atoms with Gasteiger partial charge in [0.15, 0.2) is 5.82 Å². The molecule has 0 aliphatic carbocycles. The summed E-state index contributed by atoms with van der Waals surface area (Å²) in [4.78, 5) is 38.9. The normalized spacial score (nSPS) is 14.6. The summed E-state index contributed by atoms with van der Waals surface area (Å²) in [6.07, 6.45) is 1.93. The molecule has 47 heavy (non-hydrogen) atoms. The van der Waals surface area contributed by atoms with Gasteiger partial charge in [-0.25, -0.2) is 27.8 Å². The van der Waals surface area contributed by atoms with Crippen LogP contribution in [0.1, 0.15) is 53.7 Å². The van der Waals surface area contributed by atoms with Crippen LogP contribution in [0.2, 0.25) is 0 Å². The second kappa shape index (κ2) is 14.6. The minimum absolute atomic E-state index is 0.00869. The van der Waals surface area contributed by atoms with E-state index >= 15 is 8.78 Å². The van der Waals surface area contributed by atoms with E-state index in [0.29, 0.717) is 67.2 Å². The molecule has 0 spiro atoms. The third-order valence-corrected chi connectivity index (χ3v) is 8.16. The number of carbonyl (C=O) groups is 2. The zero-order chi connectivity index (χ0) is 33.7. The number of nitrogens with two attached hydrogens (primary N) is 1. The molecule has 9 nitrogen and oxygen atoms in total. The van der Waals surface area contributed by atoms with E-state index in [9.17, 15) is 14.0 Å². The third-order valence-electron chi connectivity index (χ3n) is 8.16. The van der Waals surface area contributed by atoms with Crippen molar-refractivity contribution in [3.8, 4) is 11.3 Å². The summed E-state index contributed by atoms with van der Waals surface area (Å²) >= 11 is 0. The SMILES string of the molecule is CC.Cc1ccc(C(=O)NCCc2ccc(F)cc2)cc1-c1nc(N2CCC(N)CC2)nc2c1CNC(=O)N2c1c(F)cccc1F. The summed E-state index contributed by atoms with van der Waals surface area (Å²) in [5, 5.41) is 5.60. The van der Waals surface area contributed by atoms with Gasteiger partial charge in [-0.1, -0.05) is 38.1 Å². The zero-order valence-electron chi connectivity index (χ0n) is 26.6. The van der Waals surface area contributed by atoms with Gasteiger partial charge in [0.2, 0.25) is 5.95 Å². The maximum atomic E-state index is 15.1. The number of aryl methyl sites for hydroxylation is 1. The number of benzene rings is 3. The number of amides is 3. The van der Waals surface area contributed by atoms with E-state index in [-0.39, 0.29) is 30.1 Å². The summed E-state index contributed by atoms with van der Waals surface area (Å²) in [7, 11) is 0. The van der Waals surface area contributed by atoms with Crippen LogP contribution >= 0.6 is 0 Å². The molecule has 3 amide bonds. The van der Waals surface area contributed by atoms with E-state index < -0.39 is 23.4 Å². The van der Waals surface area contributed by atoms with Gasteiger partial charge in [-0.2, -0.15) is 4.98 Å². The first-order valence-corrected chi connectivity index (χ1v) is 15.8. The van der Waals surface area contributed by atoms with Crippen molar-refractivity contribution in [2.45, 2.75) is 52.6 Å². The Bertz CT molecular complexity index is 1740. The molecular formula is C35H38F3N7O2. The highest BCUT2D eigenvalue weighted by Crippen LogP contribution is 2.40. The molecule has 1 fully saturated rings. The van der Waals surface area contributed by atoms with E-state index in [1.165, 1.54) is 18.2 Å². The van der Waals surface area contributed by atoms with Crippen LogP contribution in [-0.4, -0.2) is 47.6 Å². The number of carbonyl (C=O) groups excluding carboxylic acids is 2. The van der Waals surface area contributed by atoms with Crippen LogP contribution < -0.4 is 26.2 Å². The molecule has 1 aromatic heterocycles. The first kappa shape index (κ1) is 33.4. The van der Waals surface area contributed by atoms with Gasteiger partial charge in [0.1, 0.15) is 23.1 Å². The van der Waals surface area contributed by atoms with E-state index in [1.807, 2.05) is 25.7 Å². The van der Waals surface area contributed by atoms with Crippen LogP contribution in [0.3, 0.4) is 0 Å². The average molecular weight is 646 g/mol. The molecule has 246 valence electrons. The summed E-state index contributed by atoms with van der Waals surface area (Å²) in [6, 6.07) is 14.0. The number of urea groups is 1. The number of piperidine rings is 1. The van der Waals surface area contributed by atoms with Gasteiger partial charge in [-0.15, -0.1) is 0 Å². The molecule has 0 unspecified atom stereocenters. The highest BCUT2D eigenvalue weighted by molar-refractivity contribution is 6.02. The third kappa shape index (κ3) is 7.22. The molecular weight excluding hydrogens is 607 g/mol.